The van der Waals surface area contributed by atoms with Crippen molar-refractivity contribution >= 4 is 5.97 Å². The number of rotatable bonds is 4. The van der Waals surface area contributed by atoms with Crippen molar-refractivity contribution in [3.05, 3.63) is 35.9 Å². The normalized spacial score (nSPS) is 12.9. The maximum Gasteiger partial charge on any atom is 0.332 e. The Hall–Kier alpha value is -2.26. The van der Waals surface area contributed by atoms with Gasteiger partial charge >= 0.3 is 5.97 Å². The molecular formula is C14H13NO2. The Balaban J connectivity index is 3.25. The predicted octanol–water partition coefficient (Wildman–Crippen LogP) is 2.03. The van der Waals surface area contributed by atoms with Crippen LogP contribution in [0.25, 0.3) is 0 Å². The summed E-state index contributed by atoms with van der Waals surface area (Å²) in [6.45, 7) is 1.92. The van der Waals surface area contributed by atoms with Gasteiger partial charge < -0.3 is 4.74 Å². The quantitative estimate of drug-likeness (QED) is 0.584. The summed E-state index contributed by atoms with van der Waals surface area (Å²) in [4.78, 5) is 11.9. The van der Waals surface area contributed by atoms with Gasteiger partial charge in [0.15, 0.2) is 5.41 Å². The van der Waals surface area contributed by atoms with E-state index in [1.54, 1.807) is 31.2 Å². The highest BCUT2D eigenvalue weighted by molar-refractivity contribution is 5.87. The predicted molar refractivity (Wildman–Crippen MR) is 63.8 cm³/mol. The molecule has 1 rings (SSSR count). The molecule has 0 fully saturated rings. The molecule has 0 aliphatic heterocycles. The van der Waals surface area contributed by atoms with E-state index in [0.717, 1.165) is 0 Å². The SMILES string of the molecule is C#CCC(C#N)(C(=O)OCC)c1ccccc1. The summed E-state index contributed by atoms with van der Waals surface area (Å²) < 4.78 is 4.95. The van der Waals surface area contributed by atoms with Crippen LogP contribution in [0.2, 0.25) is 0 Å². The van der Waals surface area contributed by atoms with E-state index in [-0.39, 0.29) is 13.0 Å². The third kappa shape index (κ3) is 2.46. The number of carbonyl (C=O) groups excluding carboxylic acids is 1. The van der Waals surface area contributed by atoms with Crippen LogP contribution < -0.4 is 0 Å². The fourth-order valence-electron chi connectivity index (χ4n) is 1.57. The van der Waals surface area contributed by atoms with Gasteiger partial charge in [-0.2, -0.15) is 5.26 Å². The monoisotopic (exact) mass is 227 g/mol. The molecule has 1 aromatic carbocycles. The molecule has 0 amide bonds. The first kappa shape index (κ1) is 12.8. The largest absolute Gasteiger partial charge is 0.465 e. The standard InChI is InChI=1S/C14H13NO2/c1-3-10-14(11-15,13(16)17-4-2)12-8-6-5-7-9-12/h1,5-9H,4,10H2,2H3. The summed E-state index contributed by atoms with van der Waals surface area (Å²) in [5, 5.41) is 9.31. The van der Waals surface area contributed by atoms with Crippen LogP contribution in [-0.2, 0) is 14.9 Å². The molecular weight excluding hydrogens is 214 g/mol. The Kier molecular flexibility index (Phi) is 4.31. The fraction of sp³-hybridized carbons (Fsp3) is 0.286. The molecule has 0 aliphatic carbocycles. The molecule has 3 nitrogen and oxygen atoms in total. The number of nitriles is 1. The Morgan fingerprint density at radius 2 is 2.12 bits per heavy atom. The summed E-state index contributed by atoms with van der Waals surface area (Å²) in [5.41, 5.74) is -0.828. The van der Waals surface area contributed by atoms with Crippen molar-refractivity contribution in [3.63, 3.8) is 0 Å². The van der Waals surface area contributed by atoms with E-state index in [4.69, 9.17) is 11.2 Å². The van der Waals surface area contributed by atoms with Crippen LogP contribution in [0.1, 0.15) is 18.9 Å². The minimum Gasteiger partial charge on any atom is -0.465 e. The van der Waals surface area contributed by atoms with Gasteiger partial charge in [-0.3, -0.25) is 0 Å². The summed E-state index contributed by atoms with van der Waals surface area (Å²) >= 11 is 0. The van der Waals surface area contributed by atoms with Gasteiger partial charge in [0.2, 0.25) is 0 Å². The second-order valence-corrected chi connectivity index (χ2v) is 3.48. The van der Waals surface area contributed by atoms with Crippen molar-refractivity contribution in [1.82, 2.24) is 0 Å². The maximum atomic E-state index is 11.9. The van der Waals surface area contributed by atoms with Gasteiger partial charge in [-0.15, -0.1) is 12.3 Å². The number of hydrogen-bond acceptors (Lipinski definition) is 3. The van der Waals surface area contributed by atoms with E-state index in [9.17, 15) is 10.1 Å². The Bertz CT molecular complexity index is 467. The smallest absolute Gasteiger partial charge is 0.332 e. The van der Waals surface area contributed by atoms with E-state index in [0.29, 0.717) is 5.56 Å². The highest BCUT2D eigenvalue weighted by Crippen LogP contribution is 2.28. The van der Waals surface area contributed by atoms with Gasteiger partial charge in [0.1, 0.15) is 0 Å². The zero-order chi connectivity index (χ0) is 12.7. The minimum absolute atomic E-state index is 0.00630. The first-order valence-electron chi connectivity index (χ1n) is 5.28. The third-order valence-corrected chi connectivity index (χ3v) is 2.45. The van der Waals surface area contributed by atoms with Crippen molar-refractivity contribution in [2.45, 2.75) is 18.8 Å². The molecule has 0 saturated carbocycles. The molecule has 0 heterocycles. The molecule has 0 spiro atoms. The van der Waals surface area contributed by atoms with Crippen molar-refractivity contribution in [2.75, 3.05) is 6.61 Å². The maximum absolute atomic E-state index is 11.9. The molecule has 1 unspecified atom stereocenters. The van der Waals surface area contributed by atoms with Gasteiger partial charge in [0.25, 0.3) is 0 Å². The third-order valence-electron chi connectivity index (χ3n) is 2.45. The van der Waals surface area contributed by atoms with Crippen LogP contribution >= 0.6 is 0 Å². The molecule has 17 heavy (non-hydrogen) atoms. The number of esters is 1. The first-order valence-corrected chi connectivity index (χ1v) is 5.28. The van der Waals surface area contributed by atoms with Gasteiger partial charge in [-0.05, 0) is 12.5 Å². The van der Waals surface area contributed by atoms with Crippen LogP contribution in [0.4, 0.5) is 0 Å². The highest BCUT2D eigenvalue weighted by atomic mass is 16.5. The van der Waals surface area contributed by atoms with Crippen molar-refractivity contribution in [1.29, 1.82) is 5.26 Å². The number of nitrogens with zero attached hydrogens (tertiary/aromatic N) is 1. The Labute approximate surface area is 101 Å². The molecule has 0 bridgehead atoms. The van der Waals surface area contributed by atoms with E-state index >= 15 is 0 Å². The molecule has 0 N–H and O–H groups in total. The van der Waals surface area contributed by atoms with Gasteiger partial charge in [-0.1, -0.05) is 30.3 Å². The number of ether oxygens (including phenoxy) is 1. The lowest BCUT2D eigenvalue weighted by Crippen LogP contribution is -2.35. The van der Waals surface area contributed by atoms with Crippen LogP contribution in [0.15, 0.2) is 30.3 Å². The van der Waals surface area contributed by atoms with Gasteiger partial charge in [0.05, 0.1) is 12.7 Å². The summed E-state index contributed by atoms with van der Waals surface area (Å²) in [6, 6.07) is 10.7. The van der Waals surface area contributed by atoms with Gasteiger partial charge in [-0.25, -0.2) is 4.79 Å². The topological polar surface area (TPSA) is 50.1 Å². The van der Waals surface area contributed by atoms with Crippen molar-refractivity contribution < 1.29 is 9.53 Å². The molecule has 1 aromatic rings. The van der Waals surface area contributed by atoms with Crippen LogP contribution in [0.5, 0.6) is 0 Å². The van der Waals surface area contributed by atoms with E-state index in [2.05, 4.69) is 5.92 Å². The second kappa shape index (κ2) is 5.72. The molecule has 0 aliphatic rings. The Morgan fingerprint density at radius 1 is 1.47 bits per heavy atom. The molecule has 86 valence electrons. The molecule has 3 heteroatoms. The molecule has 0 radical (unpaired) electrons. The first-order chi connectivity index (χ1) is 8.21. The second-order valence-electron chi connectivity index (χ2n) is 3.48. The zero-order valence-corrected chi connectivity index (χ0v) is 9.64. The summed E-state index contributed by atoms with van der Waals surface area (Å²) in [5.74, 6) is 1.78. The van der Waals surface area contributed by atoms with Crippen molar-refractivity contribution in [3.8, 4) is 18.4 Å². The molecule has 0 aromatic heterocycles. The van der Waals surface area contributed by atoms with Crippen molar-refractivity contribution in [2.24, 2.45) is 0 Å². The van der Waals surface area contributed by atoms with Crippen LogP contribution in [-0.4, -0.2) is 12.6 Å². The highest BCUT2D eigenvalue weighted by Gasteiger charge is 2.41. The number of terminal acetylenes is 1. The average molecular weight is 227 g/mol. The van der Waals surface area contributed by atoms with E-state index < -0.39 is 11.4 Å². The average Bonchev–Trinajstić information content (AvgIpc) is 2.37. The number of carbonyl (C=O) groups is 1. The number of hydrogen-bond donors (Lipinski definition) is 0. The van der Waals surface area contributed by atoms with Gasteiger partial charge in [0, 0.05) is 6.42 Å². The fourth-order valence-corrected chi connectivity index (χ4v) is 1.57. The Morgan fingerprint density at radius 3 is 2.59 bits per heavy atom. The molecule has 1 atom stereocenters. The lowest BCUT2D eigenvalue weighted by atomic mass is 9.79. The van der Waals surface area contributed by atoms with E-state index in [1.807, 2.05) is 12.1 Å². The number of benzene rings is 1. The lowest BCUT2D eigenvalue weighted by molar-refractivity contribution is -0.147. The van der Waals surface area contributed by atoms with Crippen LogP contribution in [0, 0.1) is 23.7 Å². The minimum atomic E-state index is -1.40. The lowest BCUT2D eigenvalue weighted by Gasteiger charge is -2.22. The van der Waals surface area contributed by atoms with E-state index in [1.165, 1.54) is 0 Å². The molecule has 0 saturated heterocycles. The zero-order valence-electron chi connectivity index (χ0n) is 9.64. The summed E-state index contributed by atoms with van der Waals surface area (Å²) in [7, 11) is 0. The summed E-state index contributed by atoms with van der Waals surface area (Å²) in [6.07, 6.45) is 5.26. The van der Waals surface area contributed by atoms with Crippen LogP contribution in [0.3, 0.4) is 0 Å².